The molecule has 0 unspecified atom stereocenters. The third-order valence-electron chi connectivity index (χ3n) is 7.26. The molecule has 37 heavy (non-hydrogen) atoms. The normalized spacial score (nSPS) is 18.8. The van der Waals surface area contributed by atoms with E-state index in [-0.39, 0.29) is 23.7 Å². The van der Waals surface area contributed by atoms with Crippen LogP contribution < -0.4 is 4.74 Å². The monoisotopic (exact) mass is 521 g/mol. The molecular weight excluding hydrogens is 495 g/mol. The summed E-state index contributed by atoms with van der Waals surface area (Å²) in [5.74, 6) is 0.526. The molecule has 1 aromatic heterocycles. The van der Waals surface area contributed by atoms with E-state index in [2.05, 4.69) is 10.6 Å². The smallest absolute Gasteiger partial charge is 0.387 e. The van der Waals surface area contributed by atoms with Gasteiger partial charge < -0.3 is 18.8 Å². The molecule has 0 aliphatic carbocycles. The lowest BCUT2D eigenvalue weighted by Gasteiger charge is -2.24. The topological polar surface area (TPSA) is 64.4 Å². The summed E-state index contributed by atoms with van der Waals surface area (Å²) in [5.41, 5.74) is 5.52. The number of halogens is 2. The van der Waals surface area contributed by atoms with Crippen LogP contribution in [-0.2, 0) is 10.7 Å². The zero-order chi connectivity index (χ0) is 26.1. The van der Waals surface area contributed by atoms with Crippen LogP contribution in [0.15, 0.2) is 60.7 Å². The molecule has 6 rings (SSSR count). The number of hydrogen-bond donors (Lipinski definition) is 0. The van der Waals surface area contributed by atoms with Crippen LogP contribution in [0.25, 0.3) is 22.2 Å². The van der Waals surface area contributed by atoms with Gasteiger partial charge in [-0.3, -0.25) is 4.79 Å². The van der Waals surface area contributed by atoms with Gasteiger partial charge >= 0.3 is 6.61 Å². The number of benzene rings is 3. The molecule has 2 aliphatic rings. The summed E-state index contributed by atoms with van der Waals surface area (Å²) in [6.45, 7) is 0.575. The second-order valence-electron chi connectivity index (χ2n) is 10.3. The second-order valence-corrected chi connectivity index (χ2v) is 13.7. The van der Waals surface area contributed by atoms with Crippen LogP contribution in [0.1, 0.15) is 45.8 Å². The standard InChI is InChI=1S/C28H26F2N3O3P/c1-32-23-14-22(25-19(27(32)34)5-4-6-24(25)36-28(29)30)33-21-13-18(11-12-20(21)31-26(23)33)17-9-7-16(8-10-17)15-37(2,3)35/h4-13,22-23,28H,14-15H2,1-3H3/t22-,23-/m1/s1. The van der Waals surface area contributed by atoms with Crippen LogP contribution in [0.4, 0.5) is 8.78 Å². The molecule has 3 aromatic carbocycles. The number of rotatable bonds is 5. The zero-order valence-electron chi connectivity index (χ0n) is 20.7. The molecule has 2 atom stereocenters. The first kappa shape index (κ1) is 23.9. The molecule has 0 N–H and O–H groups in total. The molecule has 0 saturated carbocycles. The number of hydrogen-bond acceptors (Lipinski definition) is 4. The maximum atomic E-state index is 13.3. The number of ether oxygens (including phenoxy) is 1. The maximum Gasteiger partial charge on any atom is 0.387 e. The Morgan fingerprint density at radius 3 is 2.49 bits per heavy atom. The summed E-state index contributed by atoms with van der Waals surface area (Å²) in [5, 5.41) is 0. The van der Waals surface area contributed by atoms with Crippen molar-refractivity contribution < 1.29 is 22.9 Å². The summed E-state index contributed by atoms with van der Waals surface area (Å²) in [6, 6.07) is 18.1. The quantitative estimate of drug-likeness (QED) is 0.280. The van der Waals surface area contributed by atoms with Crippen molar-refractivity contribution in [2.45, 2.75) is 31.3 Å². The van der Waals surface area contributed by atoms with Gasteiger partial charge in [0.1, 0.15) is 11.6 Å². The van der Waals surface area contributed by atoms with E-state index in [9.17, 15) is 18.1 Å². The summed E-state index contributed by atoms with van der Waals surface area (Å²) in [4.78, 5) is 19.8. The Kier molecular flexibility index (Phi) is 5.50. The number of aromatic nitrogens is 2. The maximum absolute atomic E-state index is 13.3. The first-order chi connectivity index (χ1) is 17.6. The molecule has 0 fully saturated rings. The lowest BCUT2D eigenvalue weighted by molar-refractivity contribution is -0.0507. The Morgan fingerprint density at radius 2 is 1.78 bits per heavy atom. The van der Waals surface area contributed by atoms with Crippen molar-refractivity contribution in [3.8, 4) is 16.9 Å². The second kappa shape index (κ2) is 8.52. The molecular formula is C28H26F2N3O3P. The molecule has 2 aliphatic heterocycles. The fraction of sp³-hybridized carbons (Fsp3) is 0.286. The van der Waals surface area contributed by atoms with Gasteiger partial charge in [-0.05, 0) is 54.3 Å². The molecule has 0 radical (unpaired) electrons. The van der Waals surface area contributed by atoms with Gasteiger partial charge in [-0.2, -0.15) is 8.78 Å². The number of carbonyl (C=O) groups excluding carboxylic acids is 1. The molecule has 2 bridgehead atoms. The van der Waals surface area contributed by atoms with Gasteiger partial charge in [0.25, 0.3) is 5.91 Å². The van der Waals surface area contributed by atoms with E-state index < -0.39 is 13.8 Å². The lowest BCUT2D eigenvalue weighted by Crippen LogP contribution is -2.30. The van der Waals surface area contributed by atoms with Crippen molar-refractivity contribution in [2.24, 2.45) is 0 Å². The van der Waals surface area contributed by atoms with E-state index in [1.807, 2.05) is 36.4 Å². The van der Waals surface area contributed by atoms with Crippen LogP contribution in [0.2, 0.25) is 0 Å². The molecule has 190 valence electrons. The van der Waals surface area contributed by atoms with Crippen molar-refractivity contribution >= 4 is 24.1 Å². The van der Waals surface area contributed by atoms with Gasteiger partial charge in [0, 0.05) is 30.8 Å². The van der Waals surface area contributed by atoms with E-state index in [1.54, 1.807) is 37.4 Å². The van der Waals surface area contributed by atoms with Crippen LogP contribution in [-0.4, -0.2) is 47.3 Å². The first-order valence-corrected chi connectivity index (χ1v) is 14.9. The largest absolute Gasteiger partial charge is 0.434 e. The van der Waals surface area contributed by atoms with Gasteiger partial charge in [0.15, 0.2) is 0 Å². The van der Waals surface area contributed by atoms with Crippen molar-refractivity contribution in [1.82, 2.24) is 14.5 Å². The highest BCUT2D eigenvalue weighted by molar-refractivity contribution is 7.61. The Labute approximate surface area is 213 Å². The molecule has 3 heterocycles. The predicted octanol–water partition coefficient (Wildman–Crippen LogP) is 6.55. The zero-order valence-corrected chi connectivity index (χ0v) is 21.6. The summed E-state index contributed by atoms with van der Waals surface area (Å²) >= 11 is 0. The van der Waals surface area contributed by atoms with Crippen molar-refractivity contribution in [3.63, 3.8) is 0 Å². The Hall–Kier alpha value is -3.51. The predicted molar refractivity (Wildman–Crippen MR) is 139 cm³/mol. The highest BCUT2D eigenvalue weighted by atomic mass is 31.2. The minimum Gasteiger partial charge on any atom is -0.434 e. The Balaban J connectivity index is 1.49. The van der Waals surface area contributed by atoms with Crippen LogP contribution in [0.3, 0.4) is 0 Å². The highest BCUT2D eigenvalue weighted by Crippen LogP contribution is 2.50. The average molecular weight is 522 g/mol. The van der Waals surface area contributed by atoms with Gasteiger partial charge in [-0.15, -0.1) is 0 Å². The molecule has 9 heteroatoms. The number of carbonyl (C=O) groups is 1. The molecule has 4 aromatic rings. The number of nitrogens with zero attached hydrogens (tertiary/aromatic N) is 3. The third-order valence-corrected chi connectivity index (χ3v) is 8.38. The highest BCUT2D eigenvalue weighted by Gasteiger charge is 2.45. The number of alkyl halides is 2. The van der Waals surface area contributed by atoms with Gasteiger partial charge in [0.05, 0.1) is 30.3 Å². The number of amides is 1. The number of fused-ring (bicyclic) bond motifs is 9. The van der Waals surface area contributed by atoms with E-state index >= 15 is 0 Å². The van der Waals surface area contributed by atoms with Crippen LogP contribution >= 0.6 is 7.14 Å². The van der Waals surface area contributed by atoms with Crippen molar-refractivity contribution in [2.75, 3.05) is 20.4 Å². The van der Waals surface area contributed by atoms with E-state index in [1.165, 1.54) is 6.07 Å². The fourth-order valence-corrected chi connectivity index (χ4v) is 6.79. The van der Waals surface area contributed by atoms with Gasteiger partial charge in [-0.1, -0.05) is 36.4 Å². The molecule has 0 saturated heterocycles. The minimum atomic E-state index is -3.00. The first-order valence-electron chi connectivity index (χ1n) is 12.1. The Bertz CT molecular complexity index is 1590. The molecule has 6 nitrogen and oxygen atoms in total. The summed E-state index contributed by atoms with van der Waals surface area (Å²) in [7, 11) is -0.439. The van der Waals surface area contributed by atoms with Gasteiger partial charge in [-0.25, -0.2) is 4.98 Å². The van der Waals surface area contributed by atoms with Crippen molar-refractivity contribution in [1.29, 1.82) is 0 Å². The fourth-order valence-electron chi connectivity index (χ4n) is 5.70. The van der Waals surface area contributed by atoms with Gasteiger partial charge in [0.2, 0.25) is 0 Å². The molecule has 0 spiro atoms. The summed E-state index contributed by atoms with van der Waals surface area (Å²) < 4.78 is 45.8. The average Bonchev–Trinajstić information content (AvgIpc) is 3.36. The Morgan fingerprint density at radius 1 is 1.05 bits per heavy atom. The van der Waals surface area contributed by atoms with Crippen molar-refractivity contribution in [3.05, 3.63) is 83.2 Å². The van der Waals surface area contributed by atoms with Crippen LogP contribution in [0.5, 0.6) is 5.75 Å². The van der Waals surface area contributed by atoms with Crippen LogP contribution in [0, 0.1) is 0 Å². The summed E-state index contributed by atoms with van der Waals surface area (Å²) in [6.07, 6.45) is 1.09. The lowest BCUT2D eigenvalue weighted by atomic mass is 9.97. The molecule has 1 amide bonds. The third kappa shape index (κ3) is 4.04. The van der Waals surface area contributed by atoms with E-state index in [0.717, 1.165) is 33.5 Å². The van der Waals surface area contributed by atoms with E-state index in [0.29, 0.717) is 23.7 Å². The minimum absolute atomic E-state index is 0.0190. The van der Waals surface area contributed by atoms with E-state index in [4.69, 9.17) is 9.72 Å². The SMILES string of the molecule is CN1C(=O)c2cccc(OC(F)F)c2[C@H]2C[C@@H]1c1nc3ccc(-c4ccc(CP(C)(C)=O)cc4)cc3n12. The number of imidazole rings is 1.